The highest BCUT2D eigenvalue weighted by molar-refractivity contribution is 5.25. The second-order valence-electron chi connectivity index (χ2n) is 5.75. The molecule has 1 fully saturated rings. The first-order valence-corrected chi connectivity index (χ1v) is 6.43. The van der Waals surface area contributed by atoms with Gasteiger partial charge in [0.25, 0.3) is 0 Å². The van der Waals surface area contributed by atoms with Crippen LogP contribution in [0.1, 0.15) is 52.9 Å². The maximum absolute atomic E-state index is 4.16. The predicted molar refractivity (Wildman–Crippen MR) is 66.7 cm³/mol. The van der Waals surface area contributed by atoms with E-state index in [2.05, 4.69) is 27.4 Å². The third kappa shape index (κ3) is 2.04. The van der Waals surface area contributed by atoms with E-state index < -0.39 is 0 Å². The summed E-state index contributed by atoms with van der Waals surface area (Å²) in [7, 11) is 0. The highest BCUT2D eigenvalue weighted by Gasteiger charge is 2.32. The number of fused-ring (bicyclic) bond motifs is 1. The third-order valence-corrected chi connectivity index (χ3v) is 4.65. The lowest BCUT2D eigenvalue weighted by molar-refractivity contribution is 0.385. The zero-order valence-corrected chi connectivity index (χ0v) is 10.5. The Balaban J connectivity index is 2.23. The second kappa shape index (κ2) is 4.15. The van der Waals surface area contributed by atoms with Crippen molar-refractivity contribution in [2.75, 3.05) is 0 Å². The van der Waals surface area contributed by atoms with E-state index >= 15 is 0 Å². The molecule has 0 radical (unpaired) electrons. The van der Waals surface area contributed by atoms with E-state index in [1.165, 1.54) is 37.7 Å². The fourth-order valence-electron chi connectivity index (χ4n) is 3.43. The lowest BCUT2D eigenvalue weighted by atomic mass is 9.86. The van der Waals surface area contributed by atoms with Crippen molar-refractivity contribution in [1.82, 2.24) is 0 Å². The summed E-state index contributed by atoms with van der Waals surface area (Å²) in [6.07, 6.45) is 6.86. The van der Waals surface area contributed by atoms with Crippen LogP contribution in [-0.4, -0.2) is 0 Å². The van der Waals surface area contributed by atoms with Crippen molar-refractivity contribution in [3.8, 4) is 0 Å². The van der Waals surface area contributed by atoms with Crippen LogP contribution in [0.4, 0.5) is 0 Å². The summed E-state index contributed by atoms with van der Waals surface area (Å²) >= 11 is 0. The fraction of sp³-hybridized carbons (Fsp3) is 0.733. The van der Waals surface area contributed by atoms with Crippen molar-refractivity contribution in [3.63, 3.8) is 0 Å². The molecular formula is C15H24. The summed E-state index contributed by atoms with van der Waals surface area (Å²) < 4.78 is 0. The van der Waals surface area contributed by atoms with Crippen LogP contribution >= 0.6 is 0 Å². The van der Waals surface area contributed by atoms with Gasteiger partial charge in [0.05, 0.1) is 0 Å². The highest BCUT2D eigenvalue weighted by Crippen LogP contribution is 2.46. The lowest BCUT2D eigenvalue weighted by Crippen LogP contribution is -2.08. The Morgan fingerprint density at radius 1 is 1.27 bits per heavy atom. The minimum atomic E-state index is 0.764. The van der Waals surface area contributed by atoms with Gasteiger partial charge in [0, 0.05) is 0 Å². The molecule has 0 nitrogen and oxygen atoms in total. The number of hydrogen-bond acceptors (Lipinski definition) is 0. The van der Waals surface area contributed by atoms with Gasteiger partial charge >= 0.3 is 0 Å². The summed E-state index contributed by atoms with van der Waals surface area (Å²) in [5, 5.41) is 0. The maximum Gasteiger partial charge on any atom is -0.0171 e. The van der Waals surface area contributed by atoms with E-state index in [1.807, 2.05) is 0 Å². The Morgan fingerprint density at radius 2 is 2.00 bits per heavy atom. The molecule has 0 bridgehead atoms. The summed E-state index contributed by atoms with van der Waals surface area (Å²) in [4.78, 5) is 0. The fourth-order valence-corrected chi connectivity index (χ4v) is 3.43. The molecule has 2 aliphatic rings. The second-order valence-corrected chi connectivity index (χ2v) is 5.75. The smallest absolute Gasteiger partial charge is 0.0171 e. The van der Waals surface area contributed by atoms with Crippen LogP contribution in [-0.2, 0) is 0 Å². The Morgan fingerprint density at radius 3 is 2.67 bits per heavy atom. The quantitative estimate of drug-likeness (QED) is 0.542. The molecule has 3 atom stereocenters. The molecule has 0 heterocycles. The first kappa shape index (κ1) is 11.0. The summed E-state index contributed by atoms with van der Waals surface area (Å²) in [5.74, 6) is 2.58. The van der Waals surface area contributed by atoms with Gasteiger partial charge in [0.2, 0.25) is 0 Å². The van der Waals surface area contributed by atoms with Gasteiger partial charge in [-0.15, -0.1) is 0 Å². The molecule has 0 heteroatoms. The van der Waals surface area contributed by atoms with Crippen molar-refractivity contribution in [3.05, 3.63) is 23.3 Å². The molecule has 84 valence electrons. The topological polar surface area (TPSA) is 0 Å². The SMILES string of the molecule is C=C(C)[C@H]1CC[C@@H](C)[C@@H]2CCC(C)=C2C1. The number of rotatable bonds is 1. The normalized spacial score (nSPS) is 36.3. The zero-order valence-electron chi connectivity index (χ0n) is 10.5. The molecule has 0 unspecified atom stereocenters. The Kier molecular flexibility index (Phi) is 3.04. The summed E-state index contributed by atoms with van der Waals surface area (Å²) in [6, 6.07) is 0. The van der Waals surface area contributed by atoms with Gasteiger partial charge in [0.15, 0.2) is 0 Å². The van der Waals surface area contributed by atoms with Gasteiger partial charge in [-0.1, -0.05) is 30.2 Å². The number of allylic oxidation sites excluding steroid dienone is 3. The van der Waals surface area contributed by atoms with Crippen LogP contribution in [0.2, 0.25) is 0 Å². The molecule has 0 aromatic heterocycles. The van der Waals surface area contributed by atoms with Crippen LogP contribution < -0.4 is 0 Å². The monoisotopic (exact) mass is 204 g/mol. The summed E-state index contributed by atoms with van der Waals surface area (Å²) in [5.41, 5.74) is 4.89. The van der Waals surface area contributed by atoms with Crippen LogP contribution in [0, 0.1) is 17.8 Å². The standard InChI is InChI=1S/C15H24/c1-10(2)13-7-5-11(3)14-8-6-12(4)15(14)9-13/h11,13-14H,1,5-9H2,2-4H3/t11-,13+,14+/m1/s1. The van der Waals surface area contributed by atoms with Gasteiger partial charge in [-0.05, 0) is 63.7 Å². The lowest BCUT2D eigenvalue weighted by Gasteiger charge is -2.19. The Bertz CT molecular complexity index is 295. The zero-order chi connectivity index (χ0) is 11.0. The van der Waals surface area contributed by atoms with Crippen molar-refractivity contribution in [2.24, 2.45) is 17.8 Å². The van der Waals surface area contributed by atoms with E-state index in [4.69, 9.17) is 0 Å². The minimum absolute atomic E-state index is 0.764. The molecule has 0 spiro atoms. The van der Waals surface area contributed by atoms with Crippen molar-refractivity contribution >= 4 is 0 Å². The Labute approximate surface area is 94.5 Å². The van der Waals surface area contributed by atoms with Crippen molar-refractivity contribution < 1.29 is 0 Å². The van der Waals surface area contributed by atoms with Gasteiger partial charge in [-0.25, -0.2) is 0 Å². The predicted octanol–water partition coefficient (Wildman–Crippen LogP) is 4.73. The van der Waals surface area contributed by atoms with Crippen molar-refractivity contribution in [2.45, 2.75) is 52.9 Å². The molecule has 15 heavy (non-hydrogen) atoms. The van der Waals surface area contributed by atoms with Crippen LogP contribution in [0.3, 0.4) is 0 Å². The highest BCUT2D eigenvalue weighted by atomic mass is 14.4. The van der Waals surface area contributed by atoms with E-state index in [-0.39, 0.29) is 0 Å². The van der Waals surface area contributed by atoms with Gasteiger partial charge < -0.3 is 0 Å². The van der Waals surface area contributed by atoms with Crippen molar-refractivity contribution in [1.29, 1.82) is 0 Å². The van der Waals surface area contributed by atoms with E-state index in [9.17, 15) is 0 Å². The molecule has 2 rings (SSSR count). The average Bonchev–Trinajstić information content (AvgIpc) is 2.43. The van der Waals surface area contributed by atoms with Crippen LogP contribution in [0.25, 0.3) is 0 Å². The van der Waals surface area contributed by atoms with E-state index in [0.717, 1.165) is 17.8 Å². The van der Waals surface area contributed by atoms with E-state index in [1.54, 1.807) is 11.1 Å². The van der Waals surface area contributed by atoms with Gasteiger partial charge in [-0.2, -0.15) is 0 Å². The molecule has 0 aromatic rings. The molecular weight excluding hydrogens is 180 g/mol. The molecule has 2 aliphatic carbocycles. The first-order valence-electron chi connectivity index (χ1n) is 6.43. The van der Waals surface area contributed by atoms with Crippen LogP contribution in [0.5, 0.6) is 0 Å². The molecule has 0 N–H and O–H groups in total. The molecule has 0 saturated heterocycles. The minimum Gasteiger partial charge on any atom is -0.0998 e. The van der Waals surface area contributed by atoms with Gasteiger partial charge in [0.1, 0.15) is 0 Å². The maximum atomic E-state index is 4.16. The van der Waals surface area contributed by atoms with Gasteiger partial charge in [-0.3, -0.25) is 0 Å². The average molecular weight is 204 g/mol. The largest absolute Gasteiger partial charge is 0.0998 e. The van der Waals surface area contributed by atoms with E-state index in [0.29, 0.717) is 0 Å². The third-order valence-electron chi connectivity index (χ3n) is 4.65. The summed E-state index contributed by atoms with van der Waals surface area (Å²) in [6.45, 7) is 11.2. The number of hydrogen-bond donors (Lipinski definition) is 0. The molecule has 1 saturated carbocycles. The first-order chi connectivity index (χ1) is 7.09. The molecule has 0 amide bonds. The molecule has 0 aromatic carbocycles. The Hall–Kier alpha value is -0.520. The molecule has 0 aliphatic heterocycles. The van der Waals surface area contributed by atoms with Crippen LogP contribution in [0.15, 0.2) is 23.3 Å².